The summed E-state index contributed by atoms with van der Waals surface area (Å²) in [5, 5.41) is 18.3. The molecule has 2 aromatic rings. The lowest BCUT2D eigenvalue weighted by molar-refractivity contribution is 0.351. The van der Waals surface area contributed by atoms with Gasteiger partial charge in [0.1, 0.15) is 17.7 Å². The summed E-state index contributed by atoms with van der Waals surface area (Å²) in [6.07, 6.45) is 3.39. The molecule has 7 nitrogen and oxygen atoms in total. The van der Waals surface area contributed by atoms with E-state index in [1.165, 1.54) is 25.9 Å². The average Bonchev–Trinajstić information content (AvgIpc) is 2.71. The highest BCUT2D eigenvalue weighted by atomic mass is 16.5. The van der Waals surface area contributed by atoms with Crippen molar-refractivity contribution in [2.75, 3.05) is 25.7 Å². The minimum atomic E-state index is -0.0522. The number of hydrogen-bond acceptors (Lipinski definition) is 7. The molecule has 0 bridgehead atoms. The van der Waals surface area contributed by atoms with Crippen molar-refractivity contribution in [1.82, 2.24) is 9.97 Å². The highest BCUT2D eigenvalue weighted by Crippen LogP contribution is 2.38. The van der Waals surface area contributed by atoms with E-state index in [1.807, 2.05) is 35.2 Å². The second-order valence-corrected chi connectivity index (χ2v) is 5.62. The van der Waals surface area contributed by atoms with Crippen LogP contribution in [-0.4, -0.2) is 30.7 Å². The molecule has 0 amide bonds. The molecule has 0 atom stereocenters. The first-order chi connectivity index (χ1) is 12.7. The van der Waals surface area contributed by atoms with Gasteiger partial charge in [-0.25, -0.2) is 0 Å². The average molecular weight is 347 g/mol. The van der Waals surface area contributed by atoms with Crippen LogP contribution in [0.25, 0.3) is 6.08 Å². The number of para-hydroxylation sites is 1. The van der Waals surface area contributed by atoms with E-state index in [1.54, 1.807) is 0 Å². The van der Waals surface area contributed by atoms with Crippen molar-refractivity contribution in [1.29, 1.82) is 10.5 Å². The van der Waals surface area contributed by atoms with Gasteiger partial charge in [-0.2, -0.15) is 20.5 Å². The monoisotopic (exact) mass is 347 g/mol. The number of nitrogens with zero attached hydrogens (tertiary/aromatic N) is 5. The Morgan fingerprint density at radius 1 is 1.15 bits per heavy atom. The Morgan fingerprint density at radius 3 is 2.62 bits per heavy atom. The maximum absolute atomic E-state index is 9.15. The van der Waals surface area contributed by atoms with E-state index >= 15 is 0 Å². The number of aromatic nitrogens is 2. The molecule has 2 heterocycles. The van der Waals surface area contributed by atoms with Crippen LogP contribution in [0.1, 0.15) is 17.5 Å². The number of rotatable bonds is 4. The van der Waals surface area contributed by atoms with Gasteiger partial charge in [0, 0.05) is 12.2 Å². The summed E-state index contributed by atoms with van der Waals surface area (Å²) in [7, 11) is 2.96. The van der Waals surface area contributed by atoms with E-state index in [0.29, 0.717) is 11.4 Å². The number of methoxy groups -OCH3 is 2. The minimum absolute atomic E-state index is 0.0522. The van der Waals surface area contributed by atoms with E-state index in [4.69, 9.17) is 20.0 Å². The van der Waals surface area contributed by atoms with Gasteiger partial charge in [0.2, 0.25) is 5.88 Å². The van der Waals surface area contributed by atoms with Gasteiger partial charge in [-0.1, -0.05) is 18.2 Å². The molecule has 1 aliphatic rings. The van der Waals surface area contributed by atoms with Crippen LogP contribution in [0, 0.1) is 22.7 Å². The van der Waals surface area contributed by atoms with Gasteiger partial charge in [0.25, 0.3) is 0 Å². The molecule has 0 saturated carbocycles. The number of anilines is 2. The van der Waals surface area contributed by atoms with Gasteiger partial charge in [-0.05, 0) is 30.5 Å². The van der Waals surface area contributed by atoms with Crippen LogP contribution in [-0.2, 0) is 6.42 Å². The van der Waals surface area contributed by atoms with Crippen molar-refractivity contribution in [3.8, 4) is 24.0 Å². The fourth-order valence-corrected chi connectivity index (χ4v) is 2.98. The molecule has 3 rings (SSSR count). The predicted octanol–water partition coefficient (Wildman–Crippen LogP) is 3.01. The number of nitriles is 2. The number of ether oxygens (including phenoxy) is 2. The van der Waals surface area contributed by atoms with Crippen molar-refractivity contribution >= 4 is 17.6 Å². The van der Waals surface area contributed by atoms with Gasteiger partial charge >= 0.3 is 6.01 Å². The molecule has 0 fully saturated rings. The van der Waals surface area contributed by atoms with Gasteiger partial charge in [0.15, 0.2) is 5.82 Å². The van der Waals surface area contributed by atoms with Crippen LogP contribution < -0.4 is 14.4 Å². The van der Waals surface area contributed by atoms with Crippen LogP contribution in [0.4, 0.5) is 11.5 Å². The predicted molar refractivity (Wildman–Crippen MR) is 96.1 cm³/mol. The van der Waals surface area contributed by atoms with Crippen molar-refractivity contribution in [3.63, 3.8) is 0 Å². The summed E-state index contributed by atoms with van der Waals surface area (Å²) in [4.78, 5) is 10.7. The van der Waals surface area contributed by atoms with E-state index in [9.17, 15) is 0 Å². The summed E-state index contributed by atoms with van der Waals surface area (Å²) in [5.74, 6) is 0.793. The van der Waals surface area contributed by atoms with E-state index in [-0.39, 0.29) is 17.5 Å². The number of benzene rings is 1. The van der Waals surface area contributed by atoms with Gasteiger partial charge in [-0.3, -0.25) is 0 Å². The zero-order valence-electron chi connectivity index (χ0n) is 14.6. The highest BCUT2D eigenvalue weighted by Gasteiger charge is 2.25. The van der Waals surface area contributed by atoms with E-state index in [2.05, 4.69) is 16.0 Å². The molecule has 0 unspecified atom stereocenters. The molecule has 130 valence electrons. The number of hydrogen-bond donors (Lipinski definition) is 0. The third-order valence-corrected chi connectivity index (χ3v) is 4.14. The lowest BCUT2D eigenvalue weighted by atomic mass is 10.0. The Labute approximate surface area is 151 Å². The third kappa shape index (κ3) is 3.15. The van der Waals surface area contributed by atoms with Crippen molar-refractivity contribution in [3.05, 3.63) is 41.0 Å². The fraction of sp³-hybridized carbons (Fsp3) is 0.263. The summed E-state index contributed by atoms with van der Waals surface area (Å²) >= 11 is 0. The molecule has 0 N–H and O–H groups in total. The molecule has 7 heteroatoms. The largest absolute Gasteiger partial charge is 0.480 e. The molecule has 26 heavy (non-hydrogen) atoms. The zero-order chi connectivity index (χ0) is 18.5. The van der Waals surface area contributed by atoms with Crippen LogP contribution >= 0.6 is 0 Å². The molecular weight excluding hydrogens is 330 g/mol. The Balaban J connectivity index is 2.25. The highest BCUT2D eigenvalue weighted by molar-refractivity contribution is 5.78. The van der Waals surface area contributed by atoms with Crippen LogP contribution in [0.15, 0.2) is 29.8 Å². The van der Waals surface area contributed by atoms with Crippen LogP contribution in [0.5, 0.6) is 11.9 Å². The zero-order valence-corrected chi connectivity index (χ0v) is 14.6. The van der Waals surface area contributed by atoms with E-state index < -0.39 is 0 Å². The first-order valence-corrected chi connectivity index (χ1v) is 8.09. The summed E-state index contributed by atoms with van der Waals surface area (Å²) in [6.45, 7) is 0.746. The summed E-state index contributed by atoms with van der Waals surface area (Å²) in [5.41, 5.74) is 2.67. The minimum Gasteiger partial charge on any atom is -0.480 e. The fourth-order valence-electron chi connectivity index (χ4n) is 2.98. The molecule has 1 aliphatic heterocycles. The second-order valence-electron chi connectivity index (χ2n) is 5.62. The second kappa shape index (κ2) is 7.54. The van der Waals surface area contributed by atoms with Crippen LogP contribution in [0.2, 0.25) is 0 Å². The molecule has 0 spiro atoms. The van der Waals surface area contributed by atoms with Gasteiger partial charge in [0.05, 0.1) is 19.8 Å². The normalized spacial score (nSPS) is 12.4. The standard InChI is InChI=1S/C19H17N5O2/c1-25-18-15(10-13(11-20)12-21)17(22-19(23-18)26-2)24-9-5-7-14-6-3-4-8-16(14)24/h3-4,6,8,10H,5,7,9H2,1-2H3. The Kier molecular flexibility index (Phi) is 5.00. The van der Waals surface area contributed by atoms with Gasteiger partial charge in [-0.15, -0.1) is 0 Å². The van der Waals surface area contributed by atoms with Crippen molar-refractivity contribution < 1.29 is 9.47 Å². The molecular formula is C19H17N5O2. The maximum atomic E-state index is 9.15. The molecule has 1 aromatic carbocycles. The third-order valence-electron chi connectivity index (χ3n) is 4.14. The lowest BCUT2D eigenvalue weighted by Crippen LogP contribution is -2.26. The molecule has 0 aliphatic carbocycles. The molecule has 1 aromatic heterocycles. The topological polar surface area (TPSA) is 95.1 Å². The first-order valence-electron chi connectivity index (χ1n) is 8.09. The smallest absolute Gasteiger partial charge is 0.321 e. The lowest BCUT2D eigenvalue weighted by Gasteiger charge is -2.31. The maximum Gasteiger partial charge on any atom is 0.321 e. The quantitative estimate of drug-likeness (QED) is 0.784. The van der Waals surface area contributed by atoms with Crippen molar-refractivity contribution in [2.45, 2.75) is 12.8 Å². The van der Waals surface area contributed by atoms with Gasteiger partial charge < -0.3 is 14.4 Å². The number of aryl methyl sites for hydroxylation is 1. The first kappa shape index (κ1) is 17.2. The summed E-state index contributed by atoms with van der Waals surface area (Å²) < 4.78 is 10.6. The summed E-state index contributed by atoms with van der Waals surface area (Å²) in [6, 6.07) is 12.0. The van der Waals surface area contributed by atoms with E-state index in [0.717, 1.165) is 25.1 Å². The Bertz CT molecular complexity index is 924. The van der Waals surface area contributed by atoms with Crippen molar-refractivity contribution in [2.24, 2.45) is 0 Å². The van der Waals surface area contributed by atoms with Crippen LogP contribution in [0.3, 0.4) is 0 Å². The number of fused-ring (bicyclic) bond motifs is 1. The Morgan fingerprint density at radius 2 is 1.92 bits per heavy atom. The SMILES string of the molecule is COc1nc(OC)c(C=C(C#N)C#N)c(N2CCCc3ccccc32)n1. The molecule has 0 saturated heterocycles. The number of allylic oxidation sites excluding steroid dienone is 1. The Hall–Kier alpha value is -3.58. The molecule has 0 radical (unpaired) electrons.